The maximum atomic E-state index is 5.83. The fraction of sp³-hybridized carbons (Fsp3) is 0.444. The molecule has 0 fully saturated rings. The second-order valence-electron chi connectivity index (χ2n) is 4.30. The summed E-state index contributed by atoms with van der Waals surface area (Å²) in [5.41, 5.74) is 1.09. The molecule has 0 aliphatic rings. The van der Waals surface area contributed by atoms with Crippen molar-refractivity contribution in [3.8, 4) is 0 Å². The summed E-state index contributed by atoms with van der Waals surface area (Å²) in [7, 11) is -1.10. The Hall–Kier alpha value is 0.137. The standard InChI is InChI=1S/C9H13BrClNSi/c1-13(2,3)6-8-7(10)4-5-9(11)12-8/h4-5H,6H2,1-3H3. The Labute approximate surface area is 93.7 Å². The van der Waals surface area contributed by atoms with Gasteiger partial charge < -0.3 is 0 Å². The molecular formula is C9H13BrClNSi. The van der Waals surface area contributed by atoms with Crippen LogP contribution in [0.1, 0.15) is 5.69 Å². The van der Waals surface area contributed by atoms with E-state index in [0.29, 0.717) is 5.15 Å². The minimum Gasteiger partial charge on any atom is -0.240 e. The molecule has 0 atom stereocenters. The van der Waals surface area contributed by atoms with Gasteiger partial charge in [-0.15, -0.1) is 0 Å². The lowest BCUT2D eigenvalue weighted by atomic mass is 10.4. The zero-order chi connectivity index (χ0) is 10.1. The van der Waals surface area contributed by atoms with Gasteiger partial charge in [-0.2, -0.15) is 0 Å². The summed E-state index contributed by atoms with van der Waals surface area (Å²) in [5, 5.41) is 0.580. The maximum Gasteiger partial charge on any atom is 0.129 e. The summed E-state index contributed by atoms with van der Waals surface area (Å²) in [5.74, 6) is 0. The Kier molecular flexibility index (Phi) is 3.55. The molecule has 0 bridgehead atoms. The fourth-order valence-electron chi connectivity index (χ4n) is 1.08. The third-order valence-electron chi connectivity index (χ3n) is 1.58. The third-order valence-corrected chi connectivity index (χ3v) is 3.91. The monoisotopic (exact) mass is 277 g/mol. The Morgan fingerprint density at radius 1 is 1.38 bits per heavy atom. The van der Waals surface area contributed by atoms with Gasteiger partial charge in [-0.1, -0.05) is 31.2 Å². The van der Waals surface area contributed by atoms with Crippen molar-refractivity contribution in [2.45, 2.75) is 25.7 Å². The summed E-state index contributed by atoms with van der Waals surface area (Å²) in [6.07, 6.45) is 0. The summed E-state index contributed by atoms with van der Waals surface area (Å²) in [6.45, 7) is 6.96. The summed E-state index contributed by atoms with van der Waals surface area (Å²) < 4.78 is 1.07. The number of hydrogen-bond donors (Lipinski definition) is 0. The highest BCUT2D eigenvalue weighted by Crippen LogP contribution is 2.21. The second kappa shape index (κ2) is 4.11. The molecule has 0 amide bonds. The first-order valence-corrected chi connectivity index (χ1v) is 9.07. The highest BCUT2D eigenvalue weighted by Gasteiger charge is 2.16. The van der Waals surface area contributed by atoms with Gasteiger partial charge in [0.25, 0.3) is 0 Å². The van der Waals surface area contributed by atoms with Crippen LogP contribution in [-0.2, 0) is 6.04 Å². The van der Waals surface area contributed by atoms with Crippen LogP contribution in [0.15, 0.2) is 16.6 Å². The van der Waals surface area contributed by atoms with Gasteiger partial charge in [-0.3, -0.25) is 0 Å². The summed E-state index contributed by atoms with van der Waals surface area (Å²) in [4.78, 5) is 4.31. The third kappa shape index (κ3) is 3.79. The average molecular weight is 279 g/mol. The van der Waals surface area contributed by atoms with Crippen LogP contribution in [-0.4, -0.2) is 13.1 Å². The predicted octanol–water partition coefficient (Wildman–Crippen LogP) is 3.92. The zero-order valence-corrected chi connectivity index (χ0v) is 11.4. The molecule has 0 aliphatic carbocycles. The molecule has 0 saturated heterocycles. The molecule has 72 valence electrons. The van der Waals surface area contributed by atoms with E-state index in [1.165, 1.54) is 0 Å². The average Bonchev–Trinajstić information content (AvgIpc) is 1.94. The van der Waals surface area contributed by atoms with Crippen molar-refractivity contribution < 1.29 is 0 Å². The first-order chi connectivity index (χ1) is 5.88. The minimum absolute atomic E-state index is 0.580. The molecule has 13 heavy (non-hydrogen) atoms. The fourth-order valence-corrected chi connectivity index (χ4v) is 3.14. The van der Waals surface area contributed by atoms with Crippen LogP contribution in [0, 0.1) is 0 Å². The predicted molar refractivity (Wildman–Crippen MR) is 64.0 cm³/mol. The van der Waals surface area contributed by atoms with Crippen LogP contribution >= 0.6 is 27.5 Å². The maximum absolute atomic E-state index is 5.83. The molecule has 1 rings (SSSR count). The highest BCUT2D eigenvalue weighted by molar-refractivity contribution is 9.10. The number of aromatic nitrogens is 1. The first-order valence-electron chi connectivity index (χ1n) is 4.19. The van der Waals surface area contributed by atoms with Gasteiger partial charge in [-0.05, 0) is 34.1 Å². The number of nitrogens with zero attached hydrogens (tertiary/aromatic N) is 1. The quantitative estimate of drug-likeness (QED) is 0.590. The van der Waals surface area contributed by atoms with Crippen molar-refractivity contribution in [2.75, 3.05) is 0 Å². The number of pyridine rings is 1. The van der Waals surface area contributed by atoms with Crippen molar-refractivity contribution >= 4 is 35.6 Å². The lowest BCUT2D eigenvalue weighted by molar-refractivity contribution is 1.12. The normalized spacial score (nSPS) is 11.8. The minimum atomic E-state index is -1.10. The van der Waals surface area contributed by atoms with E-state index in [-0.39, 0.29) is 0 Å². The second-order valence-corrected chi connectivity index (χ2v) is 11.0. The molecule has 1 aromatic heterocycles. The van der Waals surface area contributed by atoms with Gasteiger partial charge >= 0.3 is 0 Å². The first kappa shape index (κ1) is 11.2. The highest BCUT2D eigenvalue weighted by atomic mass is 79.9. The zero-order valence-electron chi connectivity index (χ0n) is 8.06. The largest absolute Gasteiger partial charge is 0.240 e. The van der Waals surface area contributed by atoms with Gasteiger partial charge in [-0.25, -0.2) is 4.98 Å². The lowest BCUT2D eigenvalue weighted by Crippen LogP contribution is -2.24. The van der Waals surface area contributed by atoms with Crippen molar-refractivity contribution in [1.82, 2.24) is 4.98 Å². The topological polar surface area (TPSA) is 12.9 Å². The van der Waals surface area contributed by atoms with E-state index >= 15 is 0 Å². The molecule has 0 aromatic carbocycles. The molecule has 1 heterocycles. The van der Waals surface area contributed by atoms with E-state index in [9.17, 15) is 0 Å². The van der Waals surface area contributed by atoms with Gasteiger partial charge in [0.1, 0.15) is 5.15 Å². The Morgan fingerprint density at radius 3 is 2.54 bits per heavy atom. The molecule has 4 heteroatoms. The van der Waals surface area contributed by atoms with Crippen molar-refractivity contribution in [3.05, 3.63) is 27.5 Å². The van der Waals surface area contributed by atoms with Gasteiger partial charge in [0.2, 0.25) is 0 Å². The van der Waals surface area contributed by atoms with Crippen molar-refractivity contribution in [1.29, 1.82) is 0 Å². The van der Waals surface area contributed by atoms with E-state index in [4.69, 9.17) is 11.6 Å². The van der Waals surface area contributed by atoms with E-state index in [2.05, 4.69) is 40.6 Å². The van der Waals surface area contributed by atoms with Crippen molar-refractivity contribution in [3.63, 3.8) is 0 Å². The molecule has 1 aromatic rings. The number of hydrogen-bond acceptors (Lipinski definition) is 1. The van der Waals surface area contributed by atoms with Crippen LogP contribution in [0.25, 0.3) is 0 Å². The Bertz CT molecular complexity index is 309. The van der Waals surface area contributed by atoms with Crippen LogP contribution in [0.5, 0.6) is 0 Å². The van der Waals surface area contributed by atoms with Crippen molar-refractivity contribution in [2.24, 2.45) is 0 Å². The molecular weight excluding hydrogens is 266 g/mol. The number of halogens is 2. The van der Waals surface area contributed by atoms with E-state index < -0.39 is 8.07 Å². The molecule has 0 unspecified atom stereocenters. The molecule has 0 saturated carbocycles. The van der Waals surface area contributed by atoms with Crippen LogP contribution in [0.3, 0.4) is 0 Å². The lowest BCUT2D eigenvalue weighted by Gasteiger charge is -2.15. The molecule has 0 aliphatic heterocycles. The summed E-state index contributed by atoms with van der Waals surface area (Å²) >= 11 is 9.31. The smallest absolute Gasteiger partial charge is 0.129 e. The van der Waals surface area contributed by atoms with Gasteiger partial charge in [0.05, 0.1) is 13.8 Å². The van der Waals surface area contributed by atoms with Crippen LogP contribution < -0.4 is 0 Å². The molecule has 0 radical (unpaired) electrons. The van der Waals surface area contributed by atoms with Gasteiger partial charge in [0, 0.05) is 4.47 Å². The Balaban J connectivity index is 2.94. The van der Waals surface area contributed by atoms with Gasteiger partial charge in [0.15, 0.2) is 0 Å². The molecule has 0 spiro atoms. The SMILES string of the molecule is C[Si](C)(C)Cc1nc(Cl)ccc1Br. The Morgan fingerprint density at radius 2 is 2.00 bits per heavy atom. The van der Waals surface area contributed by atoms with Crippen LogP contribution in [0.2, 0.25) is 24.8 Å². The summed E-state index contributed by atoms with van der Waals surface area (Å²) in [6, 6.07) is 4.83. The van der Waals surface area contributed by atoms with Crippen LogP contribution in [0.4, 0.5) is 0 Å². The molecule has 1 nitrogen and oxygen atoms in total. The van der Waals surface area contributed by atoms with E-state index in [1.807, 2.05) is 6.07 Å². The van der Waals surface area contributed by atoms with E-state index in [0.717, 1.165) is 16.2 Å². The number of rotatable bonds is 2. The molecule has 0 N–H and O–H groups in total. The van der Waals surface area contributed by atoms with E-state index in [1.54, 1.807) is 6.07 Å².